The number of likely N-dealkylation sites (tertiary alicyclic amines) is 1. The van der Waals surface area contributed by atoms with Gasteiger partial charge in [0.15, 0.2) is 0 Å². The van der Waals surface area contributed by atoms with Crippen LogP contribution < -0.4 is 0 Å². The molecule has 0 saturated carbocycles. The first kappa shape index (κ1) is 17.0. The Bertz CT molecular complexity index is 682. The van der Waals surface area contributed by atoms with Crippen molar-refractivity contribution in [2.45, 2.75) is 19.4 Å². The van der Waals surface area contributed by atoms with Crippen LogP contribution in [0.2, 0.25) is 5.02 Å². The van der Waals surface area contributed by atoms with Gasteiger partial charge in [-0.2, -0.15) is 0 Å². The zero-order valence-corrected chi connectivity index (χ0v) is 14.6. The van der Waals surface area contributed by atoms with Crippen LogP contribution in [0.1, 0.15) is 18.4 Å². The van der Waals surface area contributed by atoms with Gasteiger partial charge >= 0.3 is 5.97 Å². The van der Waals surface area contributed by atoms with E-state index in [1.54, 1.807) is 0 Å². The molecule has 1 aliphatic heterocycles. The summed E-state index contributed by atoms with van der Waals surface area (Å²) in [5.74, 6) is -0.0742. The van der Waals surface area contributed by atoms with Crippen LogP contribution in [0.25, 0.3) is 11.1 Å². The highest BCUT2D eigenvalue weighted by molar-refractivity contribution is 6.30. The van der Waals surface area contributed by atoms with Crippen LogP contribution in [0.15, 0.2) is 48.5 Å². The van der Waals surface area contributed by atoms with Gasteiger partial charge in [0.25, 0.3) is 0 Å². The van der Waals surface area contributed by atoms with E-state index in [4.69, 9.17) is 16.3 Å². The fourth-order valence-electron chi connectivity index (χ4n) is 3.26. The number of hydrogen-bond acceptors (Lipinski definition) is 3. The van der Waals surface area contributed by atoms with Crippen LogP contribution in [0.4, 0.5) is 0 Å². The lowest BCUT2D eigenvalue weighted by Gasteiger charge is -2.31. The summed E-state index contributed by atoms with van der Waals surface area (Å²) in [7, 11) is 1.47. The molecule has 3 nitrogen and oxygen atoms in total. The van der Waals surface area contributed by atoms with Crippen LogP contribution in [0, 0.1) is 5.92 Å². The van der Waals surface area contributed by atoms with Crippen molar-refractivity contribution >= 4 is 17.6 Å². The van der Waals surface area contributed by atoms with Gasteiger partial charge in [-0.15, -0.1) is 0 Å². The minimum Gasteiger partial charge on any atom is -0.469 e. The van der Waals surface area contributed by atoms with Gasteiger partial charge in [-0.25, -0.2) is 0 Å². The van der Waals surface area contributed by atoms with E-state index in [0.717, 1.165) is 43.1 Å². The van der Waals surface area contributed by atoms with E-state index >= 15 is 0 Å². The van der Waals surface area contributed by atoms with Crippen molar-refractivity contribution < 1.29 is 9.53 Å². The van der Waals surface area contributed by atoms with Gasteiger partial charge in [-0.3, -0.25) is 9.69 Å². The maximum Gasteiger partial charge on any atom is 0.309 e. The van der Waals surface area contributed by atoms with E-state index in [1.165, 1.54) is 18.2 Å². The van der Waals surface area contributed by atoms with Crippen molar-refractivity contribution in [1.29, 1.82) is 0 Å². The minimum absolute atomic E-state index is 0.0112. The predicted octanol–water partition coefficient (Wildman–Crippen LogP) is 4.39. The summed E-state index contributed by atoms with van der Waals surface area (Å²) in [6.45, 7) is 2.69. The molecule has 2 aromatic carbocycles. The third-order valence-electron chi connectivity index (χ3n) is 4.58. The molecule has 1 atom stereocenters. The quantitative estimate of drug-likeness (QED) is 0.771. The molecule has 1 fully saturated rings. The first-order chi connectivity index (χ1) is 11.7. The molecule has 0 spiro atoms. The van der Waals surface area contributed by atoms with Crippen LogP contribution in [-0.2, 0) is 16.1 Å². The molecule has 0 bridgehead atoms. The number of piperidine rings is 1. The lowest BCUT2D eigenvalue weighted by molar-refractivity contribution is -0.147. The molecule has 1 saturated heterocycles. The third kappa shape index (κ3) is 4.16. The van der Waals surface area contributed by atoms with E-state index in [1.807, 2.05) is 24.3 Å². The summed E-state index contributed by atoms with van der Waals surface area (Å²) < 4.78 is 4.89. The van der Waals surface area contributed by atoms with E-state index in [9.17, 15) is 4.79 Å². The molecule has 4 heteroatoms. The number of rotatable bonds is 4. The second kappa shape index (κ2) is 7.82. The summed E-state index contributed by atoms with van der Waals surface area (Å²) in [5.41, 5.74) is 3.61. The number of carbonyl (C=O) groups is 1. The third-order valence-corrected chi connectivity index (χ3v) is 4.83. The van der Waals surface area contributed by atoms with E-state index in [-0.39, 0.29) is 11.9 Å². The second-order valence-electron chi connectivity index (χ2n) is 6.30. The SMILES string of the molecule is COC(=O)C1CCCN(Cc2ccc(-c3ccc(Cl)cc3)cc2)C1. The molecule has 0 aliphatic carbocycles. The number of methoxy groups -OCH3 is 1. The number of halogens is 1. The van der Waals surface area contributed by atoms with Crippen molar-refractivity contribution in [3.05, 3.63) is 59.1 Å². The number of hydrogen-bond donors (Lipinski definition) is 0. The molecular weight excluding hydrogens is 322 g/mol. The Balaban J connectivity index is 1.63. The maximum absolute atomic E-state index is 11.7. The molecule has 0 aromatic heterocycles. The smallest absolute Gasteiger partial charge is 0.309 e. The summed E-state index contributed by atoms with van der Waals surface area (Å²) in [6.07, 6.45) is 1.97. The Hall–Kier alpha value is -1.84. The van der Waals surface area contributed by atoms with Crippen LogP contribution in [0.3, 0.4) is 0 Å². The average Bonchev–Trinajstić information content (AvgIpc) is 2.63. The molecule has 0 amide bonds. The van der Waals surface area contributed by atoms with Gasteiger partial charge in [0, 0.05) is 18.1 Å². The van der Waals surface area contributed by atoms with Gasteiger partial charge in [0.1, 0.15) is 0 Å². The monoisotopic (exact) mass is 343 g/mol. The first-order valence-corrected chi connectivity index (χ1v) is 8.68. The number of carbonyl (C=O) groups excluding carboxylic acids is 1. The fraction of sp³-hybridized carbons (Fsp3) is 0.350. The summed E-state index contributed by atoms with van der Waals surface area (Å²) in [4.78, 5) is 14.1. The number of nitrogens with zero attached hydrogens (tertiary/aromatic N) is 1. The van der Waals surface area contributed by atoms with Gasteiger partial charge in [0.05, 0.1) is 13.0 Å². The molecule has 24 heavy (non-hydrogen) atoms. The van der Waals surface area contributed by atoms with E-state index in [2.05, 4.69) is 29.2 Å². The Morgan fingerprint density at radius 1 is 1.12 bits per heavy atom. The van der Waals surface area contributed by atoms with E-state index < -0.39 is 0 Å². The Morgan fingerprint density at radius 2 is 1.75 bits per heavy atom. The van der Waals surface area contributed by atoms with Gasteiger partial charge in [-0.05, 0) is 48.2 Å². The number of benzene rings is 2. The minimum atomic E-state index is -0.0854. The normalized spacial score (nSPS) is 18.3. The average molecular weight is 344 g/mol. The van der Waals surface area contributed by atoms with Crippen LogP contribution in [0.5, 0.6) is 0 Å². The lowest BCUT2D eigenvalue weighted by atomic mass is 9.97. The summed E-state index contributed by atoms with van der Waals surface area (Å²) in [5, 5.41) is 0.751. The van der Waals surface area contributed by atoms with Crippen molar-refractivity contribution in [3.8, 4) is 11.1 Å². The Kier molecular flexibility index (Phi) is 5.54. The molecule has 1 heterocycles. The molecule has 1 aliphatic rings. The molecule has 2 aromatic rings. The highest BCUT2D eigenvalue weighted by Gasteiger charge is 2.26. The van der Waals surface area contributed by atoms with Crippen molar-refractivity contribution in [2.24, 2.45) is 5.92 Å². The van der Waals surface area contributed by atoms with Crippen molar-refractivity contribution in [1.82, 2.24) is 4.90 Å². The van der Waals surface area contributed by atoms with Gasteiger partial charge < -0.3 is 4.74 Å². The van der Waals surface area contributed by atoms with Crippen LogP contribution >= 0.6 is 11.6 Å². The zero-order chi connectivity index (χ0) is 16.9. The molecule has 0 radical (unpaired) electrons. The predicted molar refractivity (Wildman–Crippen MR) is 96.9 cm³/mol. The Labute approximate surface area is 148 Å². The molecule has 3 rings (SSSR count). The highest BCUT2D eigenvalue weighted by Crippen LogP contribution is 2.23. The molecular formula is C20H22ClNO2. The standard InChI is InChI=1S/C20H22ClNO2/c1-24-20(23)18-3-2-12-22(14-18)13-15-4-6-16(7-5-15)17-8-10-19(21)11-9-17/h4-11,18H,2-3,12-14H2,1H3. The molecule has 126 valence electrons. The zero-order valence-electron chi connectivity index (χ0n) is 13.9. The lowest BCUT2D eigenvalue weighted by Crippen LogP contribution is -2.38. The summed E-state index contributed by atoms with van der Waals surface area (Å²) >= 11 is 5.94. The summed E-state index contributed by atoms with van der Waals surface area (Å²) in [6, 6.07) is 16.5. The number of esters is 1. The fourth-order valence-corrected chi connectivity index (χ4v) is 3.39. The second-order valence-corrected chi connectivity index (χ2v) is 6.74. The van der Waals surface area contributed by atoms with Gasteiger partial charge in [0.2, 0.25) is 0 Å². The van der Waals surface area contributed by atoms with Crippen molar-refractivity contribution in [2.75, 3.05) is 20.2 Å². The topological polar surface area (TPSA) is 29.5 Å². The Morgan fingerprint density at radius 3 is 2.38 bits per heavy atom. The number of ether oxygens (including phenoxy) is 1. The highest BCUT2D eigenvalue weighted by atomic mass is 35.5. The van der Waals surface area contributed by atoms with Gasteiger partial charge in [-0.1, -0.05) is 48.0 Å². The molecule has 0 N–H and O–H groups in total. The maximum atomic E-state index is 11.7. The van der Waals surface area contributed by atoms with E-state index in [0.29, 0.717) is 0 Å². The molecule has 1 unspecified atom stereocenters. The van der Waals surface area contributed by atoms with Crippen molar-refractivity contribution in [3.63, 3.8) is 0 Å². The van der Waals surface area contributed by atoms with Crippen LogP contribution in [-0.4, -0.2) is 31.1 Å². The largest absolute Gasteiger partial charge is 0.469 e. The first-order valence-electron chi connectivity index (χ1n) is 8.31.